The van der Waals surface area contributed by atoms with E-state index in [1.54, 1.807) is 29.2 Å². The van der Waals surface area contributed by atoms with E-state index < -0.39 is 17.4 Å². The number of carbonyl (C=O) groups excluding carboxylic acids is 2. The number of hydrogen-bond donors (Lipinski definition) is 3. The average Bonchev–Trinajstić information content (AvgIpc) is 3.27. The van der Waals surface area contributed by atoms with Gasteiger partial charge in [0, 0.05) is 32.0 Å². The van der Waals surface area contributed by atoms with Gasteiger partial charge < -0.3 is 21.1 Å². The molecule has 9 nitrogen and oxygen atoms in total. The number of benzene rings is 1. The molecule has 0 bridgehead atoms. The molecule has 2 amide bonds. The average molecular weight is 451 g/mol. The van der Waals surface area contributed by atoms with E-state index in [2.05, 4.69) is 20.7 Å². The molecule has 4 rings (SSSR count). The van der Waals surface area contributed by atoms with Crippen molar-refractivity contribution in [3.05, 3.63) is 53.9 Å². The standard InChI is InChI=1S/C24H30N6O3/c1-3-24(23(25)32,16-8-6-5-7-9-16)29-22(31)19-14-26-21-18(15-27-30(21)4-2)20(19)28-17-10-12-33-13-11-17/h5-9,14-15,17H,3-4,10-13H2,1-2H3,(H2,25,32)(H,26,28)(H,29,31). The van der Waals surface area contributed by atoms with Gasteiger partial charge in [-0.3, -0.25) is 9.59 Å². The second kappa shape index (κ2) is 9.58. The molecule has 1 aliphatic rings. The summed E-state index contributed by atoms with van der Waals surface area (Å²) in [4.78, 5) is 30.8. The molecule has 2 aromatic heterocycles. The number of aryl methyl sites for hydroxylation is 1. The Labute approximate surface area is 192 Å². The van der Waals surface area contributed by atoms with Crippen LogP contribution in [0.5, 0.6) is 0 Å². The Kier molecular flexibility index (Phi) is 6.60. The number of nitrogens with one attached hydrogen (secondary N) is 2. The molecule has 1 fully saturated rings. The zero-order chi connectivity index (χ0) is 23.4. The molecule has 1 aromatic carbocycles. The van der Waals surface area contributed by atoms with E-state index in [1.807, 2.05) is 32.0 Å². The molecule has 1 unspecified atom stereocenters. The number of nitrogens with zero attached hydrogens (tertiary/aromatic N) is 3. The summed E-state index contributed by atoms with van der Waals surface area (Å²) >= 11 is 0. The second-order valence-corrected chi connectivity index (χ2v) is 8.22. The van der Waals surface area contributed by atoms with Crippen molar-refractivity contribution in [1.29, 1.82) is 0 Å². The molecule has 9 heteroatoms. The van der Waals surface area contributed by atoms with Crippen LogP contribution in [0.2, 0.25) is 0 Å². The third-order valence-electron chi connectivity index (χ3n) is 6.32. The minimum atomic E-state index is -1.34. The largest absolute Gasteiger partial charge is 0.381 e. The fraction of sp³-hybridized carbons (Fsp3) is 0.417. The van der Waals surface area contributed by atoms with Crippen LogP contribution in [0.1, 0.15) is 49.0 Å². The zero-order valence-electron chi connectivity index (χ0n) is 19.0. The van der Waals surface area contributed by atoms with Gasteiger partial charge in [0.15, 0.2) is 5.65 Å². The molecule has 1 atom stereocenters. The molecule has 33 heavy (non-hydrogen) atoms. The SMILES string of the molecule is CCn1ncc2c(NC3CCOCC3)c(C(=O)NC(CC)(C(N)=O)c3ccccc3)cnc21. The fourth-order valence-electron chi connectivity index (χ4n) is 4.36. The minimum Gasteiger partial charge on any atom is -0.381 e. The molecule has 0 spiro atoms. The van der Waals surface area contributed by atoms with Gasteiger partial charge in [-0.15, -0.1) is 0 Å². The lowest BCUT2D eigenvalue weighted by Gasteiger charge is -2.32. The second-order valence-electron chi connectivity index (χ2n) is 8.22. The van der Waals surface area contributed by atoms with E-state index >= 15 is 0 Å². The van der Waals surface area contributed by atoms with Crippen LogP contribution in [-0.4, -0.2) is 45.8 Å². The summed E-state index contributed by atoms with van der Waals surface area (Å²) < 4.78 is 7.27. The van der Waals surface area contributed by atoms with Crippen LogP contribution in [0.4, 0.5) is 5.69 Å². The van der Waals surface area contributed by atoms with Crippen LogP contribution >= 0.6 is 0 Å². The molecule has 0 aliphatic carbocycles. The van der Waals surface area contributed by atoms with Gasteiger partial charge in [-0.1, -0.05) is 37.3 Å². The van der Waals surface area contributed by atoms with Crippen LogP contribution in [0.15, 0.2) is 42.7 Å². The maximum Gasteiger partial charge on any atom is 0.256 e. The number of nitrogens with two attached hydrogens (primary N) is 1. The van der Waals surface area contributed by atoms with E-state index in [4.69, 9.17) is 10.5 Å². The number of pyridine rings is 1. The maximum atomic E-state index is 13.6. The fourth-order valence-corrected chi connectivity index (χ4v) is 4.36. The van der Waals surface area contributed by atoms with Crippen LogP contribution < -0.4 is 16.4 Å². The number of hydrogen-bond acceptors (Lipinski definition) is 6. The summed E-state index contributed by atoms with van der Waals surface area (Å²) in [5.41, 5.74) is 6.83. The Hall–Kier alpha value is -3.46. The lowest BCUT2D eigenvalue weighted by molar-refractivity contribution is -0.124. The highest BCUT2D eigenvalue weighted by atomic mass is 16.5. The van der Waals surface area contributed by atoms with Crippen molar-refractivity contribution < 1.29 is 14.3 Å². The maximum absolute atomic E-state index is 13.6. The first-order chi connectivity index (χ1) is 16.0. The molecule has 3 heterocycles. The topological polar surface area (TPSA) is 124 Å². The third kappa shape index (κ3) is 4.28. The highest BCUT2D eigenvalue weighted by Crippen LogP contribution is 2.31. The van der Waals surface area contributed by atoms with Crippen molar-refractivity contribution in [2.24, 2.45) is 5.73 Å². The number of primary amides is 1. The van der Waals surface area contributed by atoms with Crippen molar-refractivity contribution in [3.8, 4) is 0 Å². The monoisotopic (exact) mass is 450 g/mol. The molecule has 174 valence electrons. The predicted molar refractivity (Wildman–Crippen MR) is 126 cm³/mol. The van der Waals surface area contributed by atoms with E-state index in [0.29, 0.717) is 48.6 Å². The van der Waals surface area contributed by atoms with E-state index in [-0.39, 0.29) is 6.04 Å². The normalized spacial score (nSPS) is 16.3. The first-order valence-corrected chi connectivity index (χ1v) is 11.4. The quantitative estimate of drug-likeness (QED) is 0.485. The number of rotatable bonds is 8. The van der Waals surface area contributed by atoms with Gasteiger partial charge in [-0.25, -0.2) is 9.67 Å². The number of ether oxygens (including phenoxy) is 1. The molecular weight excluding hydrogens is 420 g/mol. The molecule has 0 radical (unpaired) electrons. The lowest BCUT2D eigenvalue weighted by atomic mass is 9.86. The van der Waals surface area contributed by atoms with E-state index in [9.17, 15) is 9.59 Å². The summed E-state index contributed by atoms with van der Waals surface area (Å²) in [6.07, 6.45) is 5.24. The van der Waals surface area contributed by atoms with Crippen LogP contribution in [-0.2, 0) is 21.6 Å². The van der Waals surface area contributed by atoms with Crippen LogP contribution in [0.25, 0.3) is 11.0 Å². The number of fused-ring (bicyclic) bond motifs is 1. The Morgan fingerprint density at radius 3 is 2.55 bits per heavy atom. The first kappa shape index (κ1) is 22.7. The number of anilines is 1. The Morgan fingerprint density at radius 1 is 1.18 bits per heavy atom. The number of aromatic nitrogens is 3. The van der Waals surface area contributed by atoms with Crippen molar-refractivity contribution >= 4 is 28.5 Å². The minimum absolute atomic E-state index is 0.155. The molecule has 4 N–H and O–H groups in total. The lowest BCUT2D eigenvalue weighted by Crippen LogP contribution is -2.54. The Bertz CT molecular complexity index is 1140. The van der Waals surface area contributed by atoms with Gasteiger partial charge in [-0.2, -0.15) is 5.10 Å². The molecule has 1 aliphatic heterocycles. The van der Waals surface area contributed by atoms with Crippen molar-refractivity contribution in [2.45, 2.75) is 51.2 Å². The number of amides is 2. The Balaban J connectivity index is 1.76. The summed E-state index contributed by atoms with van der Waals surface area (Å²) in [5.74, 6) is -1.04. The van der Waals surface area contributed by atoms with Crippen LogP contribution in [0, 0.1) is 0 Å². The van der Waals surface area contributed by atoms with Crippen LogP contribution in [0.3, 0.4) is 0 Å². The smallest absolute Gasteiger partial charge is 0.256 e. The van der Waals surface area contributed by atoms with Gasteiger partial charge in [0.1, 0.15) is 5.54 Å². The molecular formula is C24H30N6O3. The van der Waals surface area contributed by atoms with E-state index in [0.717, 1.165) is 18.2 Å². The van der Waals surface area contributed by atoms with Gasteiger partial charge in [-0.05, 0) is 31.7 Å². The van der Waals surface area contributed by atoms with Gasteiger partial charge >= 0.3 is 0 Å². The van der Waals surface area contributed by atoms with Crippen molar-refractivity contribution in [3.63, 3.8) is 0 Å². The first-order valence-electron chi connectivity index (χ1n) is 11.4. The molecule has 3 aromatic rings. The summed E-state index contributed by atoms with van der Waals surface area (Å²) in [6.45, 7) is 5.80. The zero-order valence-corrected chi connectivity index (χ0v) is 19.0. The summed E-state index contributed by atoms with van der Waals surface area (Å²) in [7, 11) is 0. The highest BCUT2D eigenvalue weighted by Gasteiger charge is 2.39. The molecule has 1 saturated heterocycles. The van der Waals surface area contributed by atoms with Gasteiger partial charge in [0.2, 0.25) is 5.91 Å². The van der Waals surface area contributed by atoms with Gasteiger partial charge in [0.25, 0.3) is 5.91 Å². The summed E-state index contributed by atoms with van der Waals surface area (Å²) in [6, 6.07) is 9.23. The number of carbonyl (C=O) groups is 2. The van der Waals surface area contributed by atoms with E-state index in [1.165, 1.54) is 0 Å². The van der Waals surface area contributed by atoms with Crippen molar-refractivity contribution in [2.75, 3.05) is 18.5 Å². The predicted octanol–water partition coefficient (Wildman–Crippen LogP) is 2.56. The van der Waals surface area contributed by atoms with Gasteiger partial charge in [0.05, 0.1) is 22.8 Å². The summed E-state index contributed by atoms with van der Waals surface area (Å²) in [5, 5.41) is 11.6. The van der Waals surface area contributed by atoms with Crippen molar-refractivity contribution in [1.82, 2.24) is 20.1 Å². The molecule has 0 saturated carbocycles. The Morgan fingerprint density at radius 2 is 1.91 bits per heavy atom. The third-order valence-corrected chi connectivity index (χ3v) is 6.32. The highest BCUT2D eigenvalue weighted by molar-refractivity contribution is 6.08.